The fourth-order valence-corrected chi connectivity index (χ4v) is 3.64. The fraction of sp³-hybridized carbons (Fsp3) is 0.308. The molecule has 0 saturated carbocycles. The Hall–Kier alpha value is -3.13. The molecule has 28 heavy (non-hydrogen) atoms. The van der Waals surface area contributed by atoms with Gasteiger partial charge in [-0.2, -0.15) is 15.1 Å². The molecular weight excluding hydrogens is 420 g/mol. The number of methoxy groups -OCH3 is 3. The van der Waals surface area contributed by atoms with Gasteiger partial charge in [0, 0.05) is 7.05 Å². The van der Waals surface area contributed by atoms with Gasteiger partial charge >= 0.3 is 12.0 Å². The van der Waals surface area contributed by atoms with Gasteiger partial charge < -0.3 is 14.2 Å². The lowest BCUT2D eigenvalue weighted by Gasteiger charge is -2.10. The van der Waals surface area contributed by atoms with E-state index in [1.54, 1.807) is 4.72 Å². The van der Waals surface area contributed by atoms with Crippen LogP contribution in [0.15, 0.2) is 11.0 Å². The zero-order chi connectivity index (χ0) is 21.1. The predicted octanol–water partition coefficient (Wildman–Crippen LogP) is 0.178. The third kappa shape index (κ3) is 4.40. The highest BCUT2D eigenvalue weighted by Gasteiger charge is 2.33. The van der Waals surface area contributed by atoms with Crippen molar-refractivity contribution in [3.8, 4) is 11.8 Å². The number of nitrogens with zero attached hydrogens (tertiary/aromatic N) is 4. The fourth-order valence-electron chi connectivity index (χ4n) is 2.00. The molecule has 152 valence electrons. The number of aryl methyl sites for hydroxylation is 1. The molecule has 0 radical (unpaired) electrons. The molecule has 0 aromatic carbocycles. The number of sulfonamides is 1. The van der Waals surface area contributed by atoms with Crippen molar-refractivity contribution in [2.75, 3.05) is 26.6 Å². The molecule has 13 nitrogen and oxygen atoms in total. The Kier molecular flexibility index (Phi) is 6.25. The lowest BCUT2D eigenvalue weighted by molar-refractivity contribution is 0.0583. The zero-order valence-electron chi connectivity index (χ0n) is 15.0. The second-order valence-electron chi connectivity index (χ2n) is 4.92. The summed E-state index contributed by atoms with van der Waals surface area (Å²) in [5.74, 6) is -1.18. The Labute approximate surface area is 164 Å². The van der Waals surface area contributed by atoms with Crippen LogP contribution >= 0.6 is 11.6 Å². The maximum atomic E-state index is 12.5. The summed E-state index contributed by atoms with van der Waals surface area (Å²) in [6, 6.07) is 0.115. The van der Waals surface area contributed by atoms with Gasteiger partial charge in [0.25, 0.3) is 10.0 Å². The summed E-state index contributed by atoms with van der Waals surface area (Å²) in [5, 5.41) is 5.24. The van der Waals surface area contributed by atoms with E-state index in [9.17, 15) is 18.0 Å². The molecule has 2 amide bonds. The molecule has 0 spiro atoms. The van der Waals surface area contributed by atoms with E-state index in [0.29, 0.717) is 0 Å². The van der Waals surface area contributed by atoms with Gasteiger partial charge in [-0.15, -0.1) is 0 Å². The maximum absolute atomic E-state index is 12.5. The molecule has 0 fully saturated rings. The number of ether oxygens (including phenoxy) is 3. The highest BCUT2D eigenvalue weighted by molar-refractivity contribution is 7.90. The van der Waals surface area contributed by atoms with Gasteiger partial charge in [-0.05, 0) is 0 Å². The van der Waals surface area contributed by atoms with Gasteiger partial charge in [0.05, 0.1) is 27.4 Å². The van der Waals surface area contributed by atoms with Gasteiger partial charge in [0.15, 0.2) is 15.7 Å². The SMILES string of the molecule is COC(=O)c1c(S(=O)(=O)NC(=O)Nc2nc(OC)cc(OC)n2)c(Cl)nn1C. The molecule has 0 aliphatic heterocycles. The maximum Gasteiger partial charge on any atom is 0.357 e. The van der Waals surface area contributed by atoms with Gasteiger partial charge in [0.1, 0.15) is 0 Å². The lowest BCUT2D eigenvalue weighted by Crippen LogP contribution is -2.35. The first-order valence-electron chi connectivity index (χ1n) is 7.24. The number of hydrogen-bond donors (Lipinski definition) is 2. The number of rotatable bonds is 6. The van der Waals surface area contributed by atoms with Crippen LogP contribution in [0.25, 0.3) is 0 Å². The van der Waals surface area contributed by atoms with E-state index in [0.717, 1.165) is 11.8 Å². The number of aromatic nitrogens is 4. The molecule has 2 aromatic rings. The highest BCUT2D eigenvalue weighted by Crippen LogP contribution is 2.25. The highest BCUT2D eigenvalue weighted by atomic mass is 35.5. The number of hydrogen-bond acceptors (Lipinski definition) is 10. The first kappa shape index (κ1) is 21.2. The average Bonchev–Trinajstić information content (AvgIpc) is 2.94. The second-order valence-corrected chi connectivity index (χ2v) is 6.90. The molecule has 2 rings (SSSR count). The van der Waals surface area contributed by atoms with Crippen LogP contribution in [0.3, 0.4) is 0 Å². The molecule has 0 bridgehead atoms. The number of amides is 2. The van der Waals surface area contributed by atoms with Crippen molar-refractivity contribution in [2.24, 2.45) is 7.05 Å². The van der Waals surface area contributed by atoms with E-state index in [2.05, 4.69) is 25.1 Å². The number of esters is 1. The summed E-state index contributed by atoms with van der Waals surface area (Å²) in [6.07, 6.45) is 0. The van der Waals surface area contributed by atoms with Crippen molar-refractivity contribution < 1.29 is 32.2 Å². The minimum atomic E-state index is -4.60. The second kappa shape index (κ2) is 8.26. The van der Waals surface area contributed by atoms with Gasteiger partial charge in [-0.1, -0.05) is 11.6 Å². The van der Waals surface area contributed by atoms with Crippen molar-refractivity contribution >= 4 is 39.6 Å². The van der Waals surface area contributed by atoms with Crippen LogP contribution in [0.5, 0.6) is 11.8 Å². The molecule has 0 aliphatic carbocycles. The Balaban J connectivity index is 2.31. The van der Waals surface area contributed by atoms with Gasteiger partial charge in [-0.3, -0.25) is 10.00 Å². The van der Waals surface area contributed by atoms with Crippen LogP contribution in [-0.2, 0) is 21.8 Å². The molecule has 2 N–H and O–H groups in total. The number of halogens is 1. The molecule has 2 heterocycles. The Morgan fingerprint density at radius 3 is 2.21 bits per heavy atom. The van der Waals surface area contributed by atoms with Crippen LogP contribution in [0.1, 0.15) is 10.5 Å². The minimum absolute atomic E-state index is 0.0632. The van der Waals surface area contributed by atoms with Crippen molar-refractivity contribution in [3.05, 3.63) is 16.9 Å². The minimum Gasteiger partial charge on any atom is -0.481 e. The van der Waals surface area contributed by atoms with Gasteiger partial charge in [0.2, 0.25) is 17.7 Å². The molecular formula is C13H15ClN6O7S. The third-order valence-electron chi connectivity index (χ3n) is 3.16. The summed E-state index contributed by atoms with van der Waals surface area (Å²) in [7, 11) is 0.388. The van der Waals surface area contributed by atoms with Gasteiger partial charge in [-0.25, -0.2) is 22.7 Å². The molecule has 2 aromatic heterocycles. The molecule has 15 heteroatoms. The number of anilines is 1. The van der Waals surface area contributed by atoms with Crippen molar-refractivity contribution in [1.82, 2.24) is 24.5 Å². The van der Waals surface area contributed by atoms with Crippen LogP contribution < -0.4 is 19.5 Å². The summed E-state index contributed by atoms with van der Waals surface area (Å²) in [5.41, 5.74) is -0.466. The van der Waals surface area contributed by atoms with Crippen molar-refractivity contribution in [3.63, 3.8) is 0 Å². The Bertz CT molecular complexity index is 1000. The smallest absolute Gasteiger partial charge is 0.357 e. The molecule has 0 unspecified atom stereocenters. The van der Waals surface area contributed by atoms with E-state index in [-0.39, 0.29) is 17.7 Å². The zero-order valence-corrected chi connectivity index (χ0v) is 16.6. The topological polar surface area (TPSA) is 164 Å². The molecule has 0 atom stereocenters. The Morgan fingerprint density at radius 2 is 1.71 bits per heavy atom. The summed E-state index contributed by atoms with van der Waals surface area (Å²) >= 11 is 5.81. The third-order valence-corrected chi connectivity index (χ3v) is 4.92. The summed E-state index contributed by atoms with van der Waals surface area (Å²) in [4.78, 5) is 30.9. The van der Waals surface area contributed by atoms with E-state index >= 15 is 0 Å². The quantitative estimate of drug-likeness (QED) is 0.599. The normalized spacial score (nSPS) is 10.9. The summed E-state index contributed by atoms with van der Waals surface area (Å²) in [6.45, 7) is 0. The molecule has 0 saturated heterocycles. The van der Waals surface area contributed by atoms with E-state index in [4.69, 9.17) is 21.1 Å². The van der Waals surface area contributed by atoms with Crippen LogP contribution in [-0.4, -0.2) is 61.5 Å². The predicted molar refractivity (Wildman–Crippen MR) is 94.0 cm³/mol. The first-order valence-corrected chi connectivity index (χ1v) is 9.10. The monoisotopic (exact) mass is 434 g/mol. The van der Waals surface area contributed by atoms with E-state index < -0.39 is 37.8 Å². The first-order chi connectivity index (χ1) is 13.1. The number of carbonyl (C=O) groups excluding carboxylic acids is 2. The van der Waals surface area contributed by atoms with Crippen LogP contribution in [0, 0.1) is 0 Å². The van der Waals surface area contributed by atoms with Crippen molar-refractivity contribution in [2.45, 2.75) is 4.90 Å². The number of nitrogens with one attached hydrogen (secondary N) is 2. The average molecular weight is 435 g/mol. The standard InChI is InChI=1S/C13H15ClN6O7S/c1-20-8(11(21)27-4)9(10(14)18-20)28(23,24)19-13(22)17-12-15-6(25-2)5-7(16-12)26-3/h5H,1-4H3,(H2,15,16,17,19,22). The summed E-state index contributed by atoms with van der Waals surface area (Å²) < 4.78 is 42.1. The largest absolute Gasteiger partial charge is 0.481 e. The van der Waals surface area contributed by atoms with Crippen LogP contribution in [0.2, 0.25) is 5.15 Å². The number of urea groups is 1. The lowest BCUT2D eigenvalue weighted by atomic mass is 10.4. The van der Waals surface area contributed by atoms with Crippen molar-refractivity contribution in [1.29, 1.82) is 0 Å². The van der Waals surface area contributed by atoms with E-state index in [1.807, 2.05) is 0 Å². The van der Waals surface area contributed by atoms with E-state index in [1.165, 1.54) is 27.3 Å². The van der Waals surface area contributed by atoms with Crippen LogP contribution in [0.4, 0.5) is 10.7 Å². The number of carbonyl (C=O) groups is 2. The molecule has 0 aliphatic rings. The Morgan fingerprint density at radius 1 is 1.14 bits per heavy atom.